The number of hydrogen-bond donors (Lipinski definition) is 1. The molecule has 0 bridgehead atoms. The van der Waals surface area contributed by atoms with Gasteiger partial charge in [-0.05, 0) is 23.8 Å². The molecule has 1 atom stereocenters. The maximum Gasteiger partial charge on any atom is 0.229 e. The van der Waals surface area contributed by atoms with Gasteiger partial charge in [0.05, 0.1) is 28.2 Å². The highest BCUT2D eigenvalue weighted by Crippen LogP contribution is 2.39. The Kier molecular flexibility index (Phi) is 3.79. The van der Waals surface area contributed by atoms with Crippen LogP contribution in [-0.2, 0) is 4.79 Å². The Balaban J connectivity index is 2.00. The molecule has 5 heteroatoms. The van der Waals surface area contributed by atoms with Crippen LogP contribution in [0, 0.1) is 0 Å². The number of amides is 1. The number of halogens is 2. The average Bonchev–Trinajstić information content (AvgIpc) is 2.48. The van der Waals surface area contributed by atoms with Crippen molar-refractivity contribution >= 4 is 40.5 Å². The Morgan fingerprint density at radius 1 is 1.10 bits per heavy atom. The number of anilines is 2. The lowest BCUT2D eigenvalue weighted by molar-refractivity contribution is -0.118. The van der Waals surface area contributed by atoms with Crippen molar-refractivity contribution in [1.82, 2.24) is 0 Å². The van der Waals surface area contributed by atoms with E-state index in [1.165, 1.54) is 0 Å². The van der Waals surface area contributed by atoms with Gasteiger partial charge in [-0.3, -0.25) is 4.79 Å². The van der Waals surface area contributed by atoms with Gasteiger partial charge in [0.25, 0.3) is 0 Å². The molecule has 0 saturated heterocycles. The van der Waals surface area contributed by atoms with Crippen molar-refractivity contribution in [3.63, 3.8) is 0 Å². The molecule has 1 amide bonds. The van der Waals surface area contributed by atoms with Gasteiger partial charge in [-0.1, -0.05) is 47.5 Å². The Morgan fingerprint density at radius 2 is 1.76 bits per heavy atom. The fourth-order valence-electron chi connectivity index (χ4n) is 2.58. The summed E-state index contributed by atoms with van der Waals surface area (Å²) in [6, 6.07) is 13.1. The van der Waals surface area contributed by atoms with Crippen LogP contribution in [0.1, 0.15) is 18.0 Å². The predicted octanol–water partition coefficient (Wildman–Crippen LogP) is 4.51. The third-order valence-electron chi connectivity index (χ3n) is 3.71. The van der Waals surface area contributed by atoms with Gasteiger partial charge in [-0.15, -0.1) is 0 Å². The summed E-state index contributed by atoms with van der Waals surface area (Å²) in [5.74, 6) is 0.0642. The first-order valence-electron chi connectivity index (χ1n) is 6.64. The summed E-state index contributed by atoms with van der Waals surface area (Å²) >= 11 is 12.4. The third-order valence-corrected chi connectivity index (χ3v) is 4.34. The lowest BCUT2D eigenvalue weighted by Gasteiger charge is -2.32. The Bertz CT molecular complexity index is 682. The van der Waals surface area contributed by atoms with E-state index in [0.29, 0.717) is 22.2 Å². The van der Waals surface area contributed by atoms with Crippen molar-refractivity contribution in [2.24, 2.45) is 0 Å². The molecule has 0 fully saturated rings. The van der Waals surface area contributed by atoms with Crippen LogP contribution in [0.15, 0.2) is 42.5 Å². The van der Waals surface area contributed by atoms with Crippen LogP contribution in [0.25, 0.3) is 0 Å². The van der Waals surface area contributed by atoms with Crippen molar-refractivity contribution in [3.05, 3.63) is 58.1 Å². The molecule has 0 radical (unpaired) electrons. The smallest absolute Gasteiger partial charge is 0.229 e. The van der Waals surface area contributed by atoms with Gasteiger partial charge in [0.2, 0.25) is 5.91 Å². The standard InChI is InChI=1S/C16H14Cl2N2O/c1-20-14-8-3-2-5-10(14)13(9-15(20)21)19-16-11(17)6-4-7-12(16)18/h2-8,13,19H,9H2,1H3. The number of carbonyl (C=O) groups excluding carboxylic acids is 1. The monoisotopic (exact) mass is 320 g/mol. The van der Waals surface area contributed by atoms with Crippen LogP contribution >= 0.6 is 23.2 Å². The van der Waals surface area contributed by atoms with Crippen molar-refractivity contribution in [3.8, 4) is 0 Å². The summed E-state index contributed by atoms with van der Waals surface area (Å²) in [5, 5.41) is 4.41. The fraction of sp³-hybridized carbons (Fsp3) is 0.188. The predicted molar refractivity (Wildman–Crippen MR) is 87.3 cm³/mol. The van der Waals surface area contributed by atoms with Gasteiger partial charge >= 0.3 is 0 Å². The summed E-state index contributed by atoms with van der Waals surface area (Å²) in [5.41, 5.74) is 2.64. The number of nitrogens with zero attached hydrogens (tertiary/aromatic N) is 1. The van der Waals surface area contributed by atoms with Crippen molar-refractivity contribution < 1.29 is 4.79 Å². The van der Waals surface area contributed by atoms with Gasteiger partial charge in [0, 0.05) is 12.7 Å². The van der Waals surface area contributed by atoms with E-state index in [-0.39, 0.29) is 11.9 Å². The number of fused-ring (bicyclic) bond motifs is 1. The van der Waals surface area contributed by atoms with Gasteiger partial charge in [-0.25, -0.2) is 0 Å². The lowest BCUT2D eigenvalue weighted by Crippen LogP contribution is -2.35. The average molecular weight is 321 g/mol. The van der Waals surface area contributed by atoms with Crippen LogP contribution in [0.5, 0.6) is 0 Å². The van der Waals surface area contributed by atoms with Crippen LogP contribution in [0.4, 0.5) is 11.4 Å². The quantitative estimate of drug-likeness (QED) is 0.882. The zero-order valence-corrected chi connectivity index (χ0v) is 12.9. The highest BCUT2D eigenvalue weighted by atomic mass is 35.5. The largest absolute Gasteiger partial charge is 0.375 e. The summed E-state index contributed by atoms with van der Waals surface area (Å²) in [7, 11) is 1.79. The van der Waals surface area contributed by atoms with Gasteiger partial charge in [0.1, 0.15) is 0 Å². The SMILES string of the molecule is CN1C(=O)CC(Nc2c(Cl)cccc2Cl)c2ccccc21. The first kappa shape index (κ1) is 14.2. The summed E-state index contributed by atoms with van der Waals surface area (Å²) in [4.78, 5) is 13.8. The Hall–Kier alpha value is -1.71. The zero-order valence-electron chi connectivity index (χ0n) is 11.4. The number of rotatable bonds is 2. The Morgan fingerprint density at radius 3 is 2.48 bits per heavy atom. The van der Waals surface area contributed by atoms with E-state index in [4.69, 9.17) is 23.2 Å². The van der Waals surface area contributed by atoms with Gasteiger partial charge < -0.3 is 10.2 Å². The minimum absolute atomic E-state index is 0.0642. The van der Waals surface area contributed by atoms with Gasteiger partial charge in [-0.2, -0.15) is 0 Å². The first-order chi connectivity index (χ1) is 10.1. The number of para-hydroxylation sites is 2. The van der Waals surface area contributed by atoms with E-state index in [0.717, 1.165) is 11.3 Å². The maximum absolute atomic E-state index is 12.1. The van der Waals surface area contributed by atoms with Crippen LogP contribution in [-0.4, -0.2) is 13.0 Å². The molecule has 0 spiro atoms. The number of nitrogens with one attached hydrogen (secondary N) is 1. The number of benzene rings is 2. The highest BCUT2D eigenvalue weighted by molar-refractivity contribution is 6.39. The third kappa shape index (κ3) is 2.59. The van der Waals surface area contributed by atoms with Crippen LogP contribution < -0.4 is 10.2 Å². The molecule has 1 aliphatic heterocycles. The maximum atomic E-state index is 12.1. The molecular weight excluding hydrogens is 307 g/mol. The van der Waals surface area contributed by atoms with E-state index in [9.17, 15) is 4.79 Å². The number of carbonyl (C=O) groups is 1. The molecule has 0 saturated carbocycles. The lowest BCUT2D eigenvalue weighted by atomic mass is 9.96. The number of hydrogen-bond acceptors (Lipinski definition) is 2. The van der Waals surface area contributed by atoms with E-state index in [1.54, 1.807) is 30.1 Å². The molecule has 3 rings (SSSR count). The molecular formula is C16H14Cl2N2O. The molecule has 2 aromatic rings. The molecule has 3 nitrogen and oxygen atoms in total. The molecule has 0 aromatic heterocycles. The first-order valence-corrected chi connectivity index (χ1v) is 7.39. The molecule has 1 unspecified atom stereocenters. The minimum atomic E-state index is -0.137. The highest BCUT2D eigenvalue weighted by Gasteiger charge is 2.29. The summed E-state index contributed by atoms with van der Waals surface area (Å²) < 4.78 is 0. The molecule has 108 valence electrons. The normalized spacial score (nSPS) is 17.6. The molecule has 0 aliphatic carbocycles. The molecule has 1 aliphatic rings. The van der Waals surface area contributed by atoms with Gasteiger partial charge in [0.15, 0.2) is 0 Å². The van der Waals surface area contributed by atoms with E-state index in [2.05, 4.69) is 5.32 Å². The zero-order chi connectivity index (χ0) is 15.0. The second kappa shape index (κ2) is 5.58. The minimum Gasteiger partial charge on any atom is -0.375 e. The van der Waals surface area contributed by atoms with E-state index < -0.39 is 0 Å². The topological polar surface area (TPSA) is 32.3 Å². The second-order valence-corrected chi connectivity index (χ2v) is 5.82. The molecule has 1 N–H and O–H groups in total. The molecule has 1 heterocycles. The fourth-order valence-corrected chi connectivity index (χ4v) is 3.09. The molecule has 2 aromatic carbocycles. The van der Waals surface area contributed by atoms with Crippen LogP contribution in [0.2, 0.25) is 10.0 Å². The van der Waals surface area contributed by atoms with E-state index >= 15 is 0 Å². The van der Waals surface area contributed by atoms with Crippen molar-refractivity contribution in [2.45, 2.75) is 12.5 Å². The van der Waals surface area contributed by atoms with Crippen LogP contribution in [0.3, 0.4) is 0 Å². The Labute approximate surface area is 133 Å². The summed E-state index contributed by atoms with van der Waals surface area (Å²) in [6.45, 7) is 0. The second-order valence-electron chi connectivity index (χ2n) is 5.01. The van der Waals surface area contributed by atoms with E-state index in [1.807, 2.05) is 24.3 Å². The van der Waals surface area contributed by atoms with Crippen molar-refractivity contribution in [2.75, 3.05) is 17.3 Å². The summed E-state index contributed by atoms with van der Waals surface area (Å²) in [6.07, 6.45) is 0.370. The molecule has 21 heavy (non-hydrogen) atoms. The van der Waals surface area contributed by atoms with Crippen molar-refractivity contribution in [1.29, 1.82) is 0 Å².